The molecule has 1 saturated carbocycles. The summed E-state index contributed by atoms with van der Waals surface area (Å²) >= 11 is 0. The molecule has 2 rings (SSSR count). The number of hydrogen-bond acceptors (Lipinski definition) is 2. The minimum absolute atomic E-state index is 0.755. The lowest BCUT2D eigenvalue weighted by Crippen LogP contribution is -2.43. The van der Waals surface area contributed by atoms with E-state index in [1.165, 1.54) is 19.3 Å². The van der Waals surface area contributed by atoms with Crippen molar-refractivity contribution < 1.29 is 0 Å². The molecule has 1 aliphatic carbocycles. The van der Waals surface area contributed by atoms with Gasteiger partial charge in [-0.3, -0.25) is 5.84 Å². The van der Waals surface area contributed by atoms with Crippen LogP contribution >= 0.6 is 0 Å². The van der Waals surface area contributed by atoms with Crippen molar-refractivity contribution in [3.63, 3.8) is 0 Å². The van der Waals surface area contributed by atoms with Crippen molar-refractivity contribution in [3.8, 4) is 0 Å². The normalized spacial score (nSPS) is 46.8. The molecule has 0 amide bonds. The number of hydrazine groups is 1. The van der Waals surface area contributed by atoms with Crippen LogP contribution in [0, 0.1) is 11.8 Å². The molecule has 0 bridgehead atoms. The molecule has 1 saturated heterocycles. The zero-order valence-electron chi connectivity index (χ0n) is 6.59. The van der Waals surface area contributed by atoms with Gasteiger partial charge in [-0.05, 0) is 24.7 Å². The molecule has 0 aromatic rings. The summed E-state index contributed by atoms with van der Waals surface area (Å²) in [6.07, 6.45) is 4.09. The number of nitrogens with two attached hydrogens (primary N) is 1. The highest BCUT2D eigenvalue weighted by atomic mass is 15.4. The smallest absolute Gasteiger partial charge is 0.0272 e. The third kappa shape index (κ3) is 0.722. The van der Waals surface area contributed by atoms with E-state index in [1.54, 1.807) is 0 Å². The Morgan fingerprint density at radius 2 is 2.30 bits per heavy atom. The molecule has 2 aliphatic rings. The third-order valence-corrected chi connectivity index (χ3v) is 3.29. The Labute approximate surface area is 62.4 Å². The molecule has 1 heterocycles. The summed E-state index contributed by atoms with van der Waals surface area (Å²) in [6, 6.07) is 0.755. The molecule has 2 nitrogen and oxygen atoms in total. The van der Waals surface area contributed by atoms with Crippen LogP contribution in [0.3, 0.4) is 0 Å². The van der Waals surface area contributed by atoms with Crippen LogP contribution in [0.15, 0.2) is 0 Å². The molecule has 2 N–H and O–H groups in total. The Hall–Kier alpha value is -0.0800. The van der Waals surface area contributed by atoms with Crippen LogP contribution in [0.2, 0.25) is 0 Å². The van der Waals surface area contributed by atoms with Gasteiger partial charge in [-0.25, -0.2) is 5.01 Å². The monoisotopic (exact) mass is 140 g/mol. The number of fused-ring (bicyclic) bond motifs is 1. The average Bonchev–Trinajstić information content (AvgIpc) is 2.02. The summed E-state index contributed by atoms with van der Waals surface area (Å²) in [5.74, 6) is 7.68. The maximum Gasteiger partial charge on any atom is 0.0272 e. The van der Waals surface area contributed by atoms with E-state index in [-0.39, 0.29) is 0 Å². The Bertz CT molecular complexity index is 133. The molecule has 0 radical (unpaired) electrons. The molecular formula is C8H16N2. The lowest BCUT2D eigenvalue weighted by molar-refractivity contribution is 0.135. The highest BCUT2D eigenvalue weighted by molar-refractivity contribution is 4.97. The maximum absolute atomic E-state index is 5.82. The van der Waals surface area contributed by atoms with Crippen LogP contribution in [0.4, 0.5) is 0 Å². The second-order valence-electron chi connectivity index (χ2n) is 3.67. The second kappa shape index (κ2) is 2.21. The van der Waals surface area contributed by atoms with Gasteiger partial charge in [0.1, 0.15) is 0 Å². The van der Waals surface area contributed by atoms with E-state index in [0.29, 0.717) is 0 Å². The Morgan fingerprint density at radius 1 is 1.50 bits per heavy atom. The first-order chi connectivity index (χ1) is 4.83. The zero-order chi connectivity index (χ0) is 7.14. The van der Waals surface area contributed by atoms with E-state index in [0.717, 1.165) is 24.4 Å². The number of nitrogens with zero attached hydrogens (tertiary/aromatic N) is 1. The van der Waals surface area contributed by atoms with Crippen LogP contribution in [0.5, 0.6) is 0 Å². The lowest BCUT2D eigenvalue weighted by atomic mass is 9.74. The summed E-state index contributed by atoms with van der Waals surface area (Å²) in [7, 11) is 0. The molecule has 2 heteroatoms. The van der Waals surface area contributed by atoms with E-state index in [4.69, 9.17) is 5.84 Å². The minimum atomic E-state index is 0.755. The van der Waals surface area contributed by atoms with Crippen molar-refractivity contribution in [2.45, 2.75) is 32.2 Å². The van der Waals surface area contributed by atoms with E-state index in [1.807, 2.05) is 0 Å². The van der Waals surface area contributed by atoms with Gasteiger partial charge >= 0.3 is 0 Å². The van der Waals surface area contributed by atoms with Crippen molar-refractivity contribution in [2.24, 2.45) is 17.7 Å². The van der Waals surface area contributed by atoms with Gasteiger partial charge < -0.3 is 0 Å². The van der Waals surface area contributed by atoms with E-state index in [2.05, 4.69) is 11.9 Å². The second-order valence-corrected chi connectivity index (χ2v) is 3.67. The fraction of sp³-hybridized carbons (Fsp3) is 1.00. The van der Waals surface area contributed by atoms with Gasteiger partial charge in [0.2, 0.25) is 0 Å². The Balaban J connectivity index is 2.02. The van der Waals surface area contributed by atoms with Crippen LogP contribution in [-0.2, 0) is 0 Å². The lowest BCUT2D eigenvalue weighted by Gasteiger charge is -2.35. The summed E-state index contributed by atoms with van der Waals surface area (Å²) in [5, 5.41) is 2.06. The van der Waals surface area contributed by atoms with Gasteiger partial charge in [0.05, 0.1) is 0 Å². The highest BCUT2D eigenvalue weighted by Crippen LogP contribution is 2.43. The summed E-state index contributed by atoms with van der Waals surface area (Å²) in [6.45, 7) is 3.42. The molecule has 0 aromatic heterocycles. The zero-order valence-corrected chi connectivity index (χ0v) is 6.59. The van der Waals surface area contributed by atoms with Crippen molar-refractivity contribution >= 4 is 0 Å². The third-order valence-electron chi connectivity index (χ3n) is 3.29. The summed E-state index contributed by atoms with van der Waals surface area (Å²) in [5.41, 5.74) is 0. The average molecular weight is 140 g/mol. The number of hydrogen-bond donors (Lipinski definition) is 1. The van der Waals surface area contributed by atoms with Gasteiger partial charge in [-0.15, -0.1) is 0 Å². The van der Waals surface area contributed by atoms with Crippen molar-refractivity contribution in [3.05, 3.63) is 0 Å². The van der Waals surface area contributed by atoms with Gasteiger partial charge in [-0.1, -0.05) is 13.3 Å². The van der Waals surface area contributed by atoms with Crippen LogP contribution in [0.1, 0.15) is 26.2 Å². The topological polar surface area (TPSA) is 29.3 Å². The first-order valence-electron chi connectivity index (χ1n) is 4.34. The SMILES string of the molecule is CCC1CN(N)C2CCC12. The van der Waals surface area contributed by atoms with Crippen molar-refractivity contribution in [1.82, 2.24) is 5.01 Å². The van der Waals surface area contributed by atoms with Gasteiger partial charge in [0, 0.05) is 12.6 Å². The van der Waals surface area contributed by atoms with Crippen LogP contribution in [0.25, 0.3) is 0 Å². The van der Waals surface area contributed by atoms with Gasteiger partial charge in [-0.2, -0.15) is 0 Å². The van der Waals surface area contributed by atoms with Crippen molar-refractivity contribution in [2.75, 3.05) is 6.54 Å². The fourth-order valence-corrected chi connectivity index (χ4v) is 2.44. The molecule has 58 valence electrons. The molecule has 3 unspecified atom stereocenters. The number of rotatable bonds is 1. The molecule has 10 heavy (non-hydrogen) atoms. The fourth-order valence-electron chi connectivity index (χ4n) is 2.44. The first kappa shape index (κ1) is 6.62. The summed E-state index contributed by atoms with van der Waals surface area (Å²) < 4.78 is 0. The maximum atomic E-state index is 5.82. The molecule has 2 fully saturated rings. The standard InChI is InChI=1S/C8H16N2/c1-2-6-5-10(9)8-4-3-7(6)8/h6-8H,2-5,9H2,1H3. The van der Waals surface area contributed by atoms with Gasteiger partial charge in [0.15, 0.2) is 0 Å². The molecular weight excluding hydrogens is 124 g/mol. The predicted octanol–water partition coefficient (Wildman–Crippen LogP) is 0.980. The van der Waals surface area contributed by atoms with E-state index < -0.39 is 0 Å². The van der Waals surface area contributed by atoms with E-state index >= 15 is 0 Å². The van der Waals surface area contributed by atoms with Crippen LogP contribution < -0.4 is 5.84 Å². The quantitative estimate of drug-likeness (QED) is 0.550. The highest BCUT2D eigenvalue weighted by Gasteiger charge is 2.45. The van der Waals surface area contributed by atoms with E-state index in [9.17, 15) is 0 Å². The Kier molecular flexibility index (Phi) is 1.46. The molecule has 1 aliphatic heterocycles. The first-order valence-corrected chi connectivity index (χ1v) is 4.34. The van der Waals surface area contributed by atoms with Gasteiger partial charge in [0.25, 0.3) is 0 Å². The largest absolute Gasteiger partial charge is 0.269 e. The van der Waals surface area contributed by atoms with Crippen molar-refractivity contribution in [1.29, 1.82) is 0 Å². The molecule has 0 spiro atoms. The Morgan fingerprint density at radius 3 is 2.60 bits per heavy atom. The predicted molar refractivity (Wildman–Crippen MR) is 41.2 cm³/mol. The van der Waals surface area contributed by atoms with Crippen LogP contribution in [-0.4, -0.2) is 17.6 Å². The summed E-state index contributed by atoms with van der Waals surface area (Å²) in [4.78, 5) is 0. The minimum Gasteiger partial charge on any atom is -0.269 e. The molecule has 0 aromatic carbocycles. The molecule has 3 atom stereocenters.